The number of thiophene rings is 1. The lowest BCUT2D eigenvalue weighted by atomic mass is 9.90. The zero-order valence-electron chi connectivity index (χ0n) is 19.5. The molecule has 1 aliphatic carbocycles. The molecule has 0 bridgehead atoms. The van der Waals surface area contributed by atoms with Crippen LogP contribution in [0.5, 0.6) is 5.75 Å². The minimum absolute atomic E-state index is 0.0197. The van der Waals surface area contributed by atoms with Crippen LogP contribution in [0.3, 0.4) is 0 Å². The third-order valence-electron chi connectivity index (χ3n) is 6.08. The summed E-state index contributed by atoms with van der Waals surface area (Å²) in [6, 6.07) is 6.28. The lowest BCUT2D eigenvalue weighted by Crippen LogP contribution is -2.43. The Labute approximate surface area is 217 Å². The number of alkyl halides is 3. The topological polar surface area (TPSA) is 105 Å². The van der Waals surface area contributed by atoms with E-state index < -0.39 is 24.0 Å². The Morgan fingerprint density at radius 3 is 2.68 bits per heavy atom. The molecule has 194 valence electrons. The van der Waals surface area contributed by atoms with E-state index in [-0.39, 0.29) is 18.7 Å². The van der Waals surface area contributed by atoms with Crippen LogP contribution in [-0.2, 0) is 13.1 Å². The van der Waals surface area contributed by atoms with Crippen LogP contribution >= 0.6 is 22.9 Å². The van der Waals surface area contributed by atoms with E-state index in [9.17, 15) is 22.8 Å². The summed E-state index contributed by atoms with van der Waals surface area (Å²) in [6.07, 6.45) is -0.912. The highest BCUT2D eigenvalue weighted by Gasteiger charge is 2.30. The normalized spacial score (nSPS) is 17.7. The molecule has 0 aliphatic heterocycles. The van der Waals surface area contributed by atoms with Crippen molar-refractivity contribution in [2.24, 2.45) is 5.73 Å². The average molecular weight is 552 g/mol. The van der Waals surface area contributed by atoms with Crippen LogP contribution < -0.4 is 21.7 Å². The fourth-order valence-electron chi connectivity index (χ4n) is 4.28. The van der Waals surface area contributed by atoms with Gasteiger partial charge in [0.05, 0.1) is 22.5 Å². The van der Waals surface area contributed by atoms with Crippen LogP contribution in [0.15, 0.2) is 46.4 Å². The second kappa shape index (κ2) is 9.58. The molecule has 1 aromatic carbocycles. The number of rotatable bonds is 6. The smallest absolute Gasteiger partial charge is 0.406 e. The molecule has 2 N–H and O–H groups in total. The first-order chi connectivity index (χ1) is 17.5. The number of hydrogen-bond acceptors (Lipinski definition) is 7. The Bertz CT molecular complexity index is 1610. The molecule has 13 heteroatoms. The Hall–Kier alpha value is -3.22. The molecule has 0 unspecified atom stereocenters. The molecule has 1 saturated carbocycles. The Morgan fingerprint density at radius 2 is 1.97 bits per heavy atom. The molecule has 37 heavy (non-hydrogen) atoms. The van der Waals surface area contributed by atoms with Crippen LogP contribution in [0.2, 0.25) is 5.02 Å². The van der Waals surface area contributed by atoms with E-state index in [0.29, 0.717) is 41.7 Å². The van der Waals surface area contributed by atoms with Crippen molar-refractivity contribution in [2.75, 3.05) is 0 Å². The second-order valence-corrected chi connectivity index (χ2v) is 10.6. The zero-order chi connectivity index (χ0) is 26.5. The van der Waals surface area contributed by atoms with E-state index in [4.69, 9.17) is 22.1 Å². The summed E-state index contributed by atoms with van der Waals surface area (Å²) in [5.41, 5.74) is 6.76. The molecule has 0 atom stereocenters. The van der Waals surface area contributed by atoms with E-state index in [1.807, 2.05) is 6.92 Å². The number of fused-ring (bicyclic) bond motifs is 1. The predicted octanol–water partition coefficient (Wildman–Crippen LogP) is 4.12. The third-order valence-corrected chi connectivity index (χ3v) is 7.41. The van der Waals surface area contributed by atoms with Gasteiger partial charge in [-0.1, -0.05) is 11.6 Å². The molecular formula is C24H21ClF3N5O3S. The predicted molar refractivity (Wildman–Crippen MR) is 134 cm³/mol. The summed E-state index contributed by atoms with van der Waals surface area (Å²) in [6.45, 7) is 0.182. The third kappa shape index (κ3) is 5.27. The maximum atomic E-state index is 12.9. The lowest BCUT2D eigenvalue weighted by molar-refractivity contribution is -0.141. The highest BCUT2D eigenvalue weighted by atomic mass is 35.5. The van der Waals surface area contributed by atoms with E-state index >= 15 is 0 Å². The number of ether oxygens (including phenoxy) is 1. The molecule has 1 fully saturated rings. The van der Waals surface area contributed by atoms with E-state index in [0.717, 1.165) is 35.2 Å². The first-order valence-electron chi connectivity index (χ1n) is 11.3. The Morgan fingerprint density at radius 1 is 1.22 bits per heavy atom. The molecule has 0 spiro atoms. The first-order valence-corrected chi connectivity index (χ1v) is 12.5. The number of aryl methyl sites for hydroxylation is 1. The first kappa shape index (κ1) is 25.4. The second-order valence-electron chi connectivity index (χ2n) is 8.99. The Kier molecular flexibility index (Phi) is 6.59. The van der Waals surface area contributed by atoms with Crippen molar-refractivity contribution in [3.8, 4) is 17.0 Å². The van der Waals surface area contributed by atoms with E-state index in [2.05, 4.69) is 9.97 Å². The molecule has 3 aromatic heterocycles. The number of nitrogens with zero attached hydrogens (tertiary/aromatic N) is 4. The minimum atomic E-state index is -4.60. The van der Waals surface area contributed by atoms with Crippen molar-refractivity contribution in [3.63, 3.8) is 0 Å². The van der Waals surface area contributed by atoms with Crippen molar-refractivity contribution in [2.45, 2.75) is 51.2 Å². The molecule has 0 radical (unpaired) electrons. The van der Waals surface area contributed by atoms with Crippen molar-refractivity contribution in [1.29, 1.82) is 0 Å². The highest BCUT2D eigenvalue weighted by Crippen LogP contribution is 2.41. The summed E-state index contributed by atoms with van der Waals surface area (Å²) in [5, 5.41) is 0.495. The summed E-state index contributed by atoms with van der Waals surface area (Å²) >= 11 is 7.60. The molecule has 8 nitrogen and oxygen atoms in total. The summed E-state index contributed by atoms with van der Waals surface area (Å²) < 4.78 is 46.7. The van der Waals surface area contributed by atoms with Crippen molar-refractivity contribution in [1.82, 2.24) is 19.1 Å². The summed E-state index contributed by atoms with van der Waals surface area (Å²) in [5.74, 6) is 0.630. The van der Waals surface area contributed by atoms with Gasteiger partial charge >= 0.3 is 11.9 Å². The van der Waals surface area contributed by atoms with Gasteiger partial charge in [-0.15, -0.1) is 11.3 Å². The van der Waals surface area contributed by atoms with Crippen molar-refractivity contribution >= 4 is 33.2 Å². The quantitative estimate of drug-likeness (QED) is 0.386. The van der Waals surface area contributed by atoms with Crippen LogP contribution in [0, 0.1) is 6.92 Å². The molecule has 0 saturated heterocycles. The lowest BCUT2D eigenvalue weighted by Gasteiger charge is -2.33. The zero-order valence-corrected chi connectivity index (χ0v) is 21.0. The molecule has 1 aliphatic rings. The molecule has 5 rings (SSSR count). The largest absolute Gasteiger partial charge is 0.489 e. The van der Waals surface area contributed by atoms with Crippen molar-refractivity contribution < 1.29 is 17.9 Å². The number of halogens is 4. The van der Waals surface area contributed by atoms with Gasteiger partial charge in [-0.25, -0.2) is 14.8 Å². The van der Waals surface area contributed by atoms with Gasteiger partial charge in [0, 0.05) is 33.8 Å². The van der Waals surface area contributed by atoms with Gasteiger partial charge < -0.3 is 10.5 Å². The number of nitrogens with two attached hydrogens (primary N) is 1. The van der Waals surface area contributed by atoms with Crippen molar-refractivity contribution in [3.05, 3.63) is 73.1 Å². The maximum absolute atomic E-state index is 12.9. The van der Waals surface area contributed by atoms with Gasteiger partial charge in [0.1, 0.15) is 24.7 Å². The number of aromatic nitrogens is 4. The van der Waals surface area contributed by atoms with E-state index in [1.165, 1.54) is 17.7 Å². The van der Waals surface area contributed by atoms with Crippen LogP contribution in [0.25, 0.3) is 21.5 Å². The number of benzene rings is 1. The monoisotopic (exact) mass is 551 g/mol. The summed E-state index contributed by atoms with van der Waals surface area (Å²) in [4.78, 5) is 34.3. The van der Waals surface area contributed by atoms with Crippen LogP contribution in [-0.4, -0.2) is 37.4 Å². The van der Waals surface area contributed by atoms with E-state index in [1.54, 1.807) is 18.2 Å². The van der Waals surface area contributed by atoms with Crippen LogP contribution in [0.1, 0.15) is 23.3 Å². The SMILES string of the molecule is Cc1cc(Cl)cc(-c2ncnc3cc(Cn4c(=O)ccn(CC(F)(F)F)c4=O)sc23)c1OC1CC(N)C1. The standard InChI is InChI=1S/C24H21ClF3N5O3S/c1-12-4-13(25)5-17(21(12)36-15-6-14(29)7-15)20-22-18(30-11-31-20)8-16(37-22)9-33-19(34)2-3-32(23(33)35)10-24(26,27)28/h2-5,8,11,14-15H,6-7,9-10,29H2,1H3. The van der Waals surface area contributed by atoms with Gasteiger partial charge in [-0.05, 0) is 43.5 Å². The minimum Gasteiger partial charge on any atom is -0.489 e. The number of hydrogen-bond donors (Lipinski definition) is 1. The van der Waals surface area contributed by atoms with Crippen LogP contribution in [0.4, 0.5) is 13.2 Å². The molecule has 0 amide bonds. The molecular weight excluding hydrogens is 531 g/mol. The van der Waals surface area contributed by atoms with Gasteiger partial charge in [-0.3, -0.25) is 13.9 Å². The van der Waals surface area contributed by atoms with Gasteiger partial charge in [0.25, 0.3) is 5.56 Å². The van der Waals surface area contributed by atoms with Gasteiger partial charge in [-0.2, -0.15) is 13.2 Å². The molecule has 3 heterocycles. The fraction of sp³-hybridized carbons (Fsp3) is 0.333. The molecule has 4 aromatic rings. The summed E-state index contributed by atoms with van der Waals surface area (Å²) in [7, 11) is 0. The Balaban J connectivity index is 1.55. The fourth-order valence-corrected chi connectivity index (χ4v) is 5.65. The maximum Gasteiger partial charge on any atom is 0.406 e. The van der Waals surface area contributed by atoms with Gasteiger partial charge in [0.15, 0.2) is 0 Å². The van der Waals surface area contributed by atoms with Gasteiger partial charge in [0.2, 0.25) is 0 Å². The average Bonchev–Trinajstić information content (AvgIpc) is 3.21. The highest BCUT2D eigenvalue weighted by molar-refractivity contribution is 7.19.